The molecule has 0 saturated carbocycles. The van der Waals surface area contributed by atoms with E-state index in [4.69, 9.17) is 0 Å². The molecule has 0 fully saturated rings. The summed E-state index contributed by atoms with van der Waals surface area (Å²) in [6.45, 7) is 5.80. The number of imidazole rings is 1. The fraction of sp³-hybridized carbons (Fsp3) is 0.605. The third-order valence-electron chi connectivity index (χ3n) is 8.80. The minimum absolute atomic E-state index is 0.517. The summed E-state index contributed by atoms with van der Waals surface area (Å²) in [5, 5.41) is 0. The summed E-state index contributed by atoms with van der Waals surface area (Å²) in [4.78, 5) is 0. The van der Waals surface area contributed by atoms with E-state index in [1.54, 1.807) is 0 Å². The van der Waals surface area contributed by atoms with Gasteiger partial charge in [0.2, 0.25) is 0 Å². The van der Waals surface area contributed by atoms with Crippen molar-refractivity contribution in [3.05, 3.63) is 89.5 Å². The molecule has 0 bridgehead atoms. The average molecular weight is 544 g/mol. The highest BCUT2D eigenvalue weighted by molar-refractivity contribution is 5.21. The molecule has 0 radical (unpaired) electrons. The van der Waals surface area contributed by atoms with Gasteiger partial charge in [0, 0.05) is 6.42 Å². The maximum atomic E-state index is 2.56. The van der Waals surface area contributed by atoms with E-state index < -0.39 is 0 Å². The fourth-order valence-corrected chi connectivity index (χ4v) is 6.12. The van der Waals surface area contributed by atoms with Gasteiger partial charge in [-0.05, 0) is 29.9 Å². The number of nitrogens with zero attached hydrogens (tertiary/aromatic N) is 2. The van der Waals surface area contributed by atoms with Gasteiger partial charge in [-0.3, -0.25) is 0 Å². The molecule has 0 aliphatic rings. The first-order valence-corrected chi connectivity index (χ1v) is 16.8. The molecule has 0 saturated heterocycles. The summed E-state index contributed by atoms with van der Waals surface area (Å²) in [5.74, 6) is 1.95. The van der Waals surface area contributed by atoms with Gasteiger partial charge in [-0.2, -0.15) is 0 Å². The van der Waals surface area contributed by atoms with Gasteiger partial charge in [0.15, 0.2) is 0 Å². The smallest absolute Gasteiger partial charge is 0.234 e. The molecule has 220 valence electrons. The minimum atomic E-state index is 0.517. The first-order valence-electron chi connectivity index (χ1n) is 16.8. The lowest BCUT2D eigenvalue weighted by atomic mass is 9.96. The van der Waals surface area contributed by atoms with Crippen LogP contribution in [0.2, 0.25) is 0 Å². The van der Waals surface area contributed by atoms with Gasteiger partial charge in [0.05, 0.1) is 20.0 Å². The van der Waals surface area contributed by atoms with Crippen LogP contribution in [0, 0.1) is 0 Å². The lowest BCUT2D eigenvalue weighted by Gasteiger charge is -2.10. The van der Waals surface area contributed by atoms with Gasteiger partial charge in [-0.1, -0.05) is 164 Å². The van der Waals surface area contributed by atoms with Crippen molar-refractivity contribution in [2.45, 2.75) is 142 Å². The normalized spacial score (nSPS) is 12.2. The van der Waals surface area contributed by atoms with Crippen LogP contribution in [0.15, 0.2) is 66.9 Å². The van der Waals surface area contributed by atoms with Crippen LogP contribution in [0.25, 0.3) is 0 Å². The summed E-state index contributed by atoms with van der Waals surface area (Å²) < 4.78 is 5.03. The quantitative estimate of drug-likeness (QED) is 0.0880. The molecular weight excluding hydrogens is 484 g/mol. The van der Waals surface area contributed by atoms with Crippen molar-refractivity contribution in [2.24, 2.45) is 7.05 Å². The monoisotopic (exact) mass is 543 g/mol. The highest BCUT2D eigenvalue weighted by Crippen LogP contribution is 2.21. The molecule has 0 aliphatic carbocycles. The zero-order valence-electron chi connectivity index (χ0n) is 26.3. The second-order valence-corrected chi connectivity index (χ2v) is 12.3. The molecule has 2 aromatic carbocycles. The summed E-state index contributed by atoms with van der Waals surface area (Å²) in [7, 11) is 2.27. The topological polar surface area (TPSA) is 8.81 Å². The molecule has 1 aromatic heterocycles. The first kappa shape index (κ1) is 32.2. The average Bonchev–Trinajstić information content (AvgIpc) is 3.27. The van der Waals surface area contributed by atoms with E-state index >= 15 is 0 Å². The number of rotatable bonds is 22. The number of hydrogen-bond acceptors (Lipinski definition) is 0. The molecule has 2 heteroatoms. The van der Waals surface area contributed by atoms with Gasteiger partial charge in [0.1, 0.15) is 11.9 Å². The van der Waals surface area contributed by atoms with E-state index in [2.05, 4.69) is 96.9 Å². The highest BCUT2D eigenvalue weighted by Gasteiger charge is 2.22. The number of benzene rings is 2. The Morgan fingerprint density at radius 3 is 1.62 bits per heavy atom. The minimum Gasteiger partial charge on any atom is -0.234 e. The Morgan fingerprint density at radius 1 is 0.625 bits per heavy atom. The number of unbranched alkanes of at least 4 members (excludes halogenated alkanes) is 15. The molecule has 1 heterocycles. The van der Waals surface area contributed by atoms with Crippen molar-refractivity contribution in [3.63, 3.8) is 0 Å². The molecule has 2 nitrogen and oxygen atoms in total. The molecule has 0 N–H and O–H groups in total. The number of aromatic nitrogens is 2. The van der Waals surface area contributed by atoms with Crippen molar-refractivity contribution in [3.8, 4) is 0 Å². The summed E-state index contributed by atoms with van der Waals surface area (Å²) in [5.41, 5.74) is 4.27. The van der Waals surface area contributed by atoms with Crippen LogP contribution in [0.3, 0.4) is 0 Å². The first-order chi connectivity index (χ1) is 19.7. The van der Waals surface area contributed by atoms with Crippen LogP contribution >= 0.6 is 0 Å². The Hall–Kier alpha value is -2.35. The van der Waals surface area contributed by atoms with E-state index in [0.717, 1.165) is 19.4 Å². The van der Waals surface area contributed by atoms with Crippen molar-refractivity contribution < 1.29 is 4.57 Å². The van der Waals surface area contributed by atoms with Crippen molar-refractivity contribution >= 4 is 0 Å². The molecule has 0 spiro atoms. The van der Waals surface area contributed by atoms with Crippen LogP contribution in [-0.4, -0.2) is 4.57 Å². The molecule has 3 aromatic rings. The Labute approximate surface area is 247 Å². The van der Waals surface area contributed by atoms with Crippen LogP contribution in [0.4, 0.5) is 0 Å². The lowest BCUT2D eigenvalue weighted by molar-refractivity contribution is -0.685. The van der Waals surface area contributed by atoms with E-state index in [1.807, 2.05) is 0 Å². The molecular formula is C38H59N2+. The van der Waals surface area contributed by atoms with Crippen molar-refractivity contribution in [1.29, 1.82) is 0 Å². The van der Waals surface area contributed by atoms with Gasteiger partial charge in [0.25, 0.3) is 5.82 Å². The third kappa shape index (κ3) is 12.0. The fourth-order valence-electron chi connectivity index (χ4n) is 6.12. The summed E-state index contributed by atoms with van der Waals surface area (Å²) in [6.07, 6.45) is 27.2. The van der Waals surface area contributed by atoms with Crippen molar-refractivity contribution in [2.75, 3.05) is 0 Å². The maximum absolute atomic E-state index is 2.56. The molecule has 1 atom stereocenters. The zero-order valence-corrected chi connectivity index (χ0v) is 26.3. The Bertz CT molecular complexity index is 1020. The van der Waals surface area contributed by atoms with Crippen LogP contribution in [-0.2, 0) is 26.4 Å². The van der Waals surface area contributed by atoms with Crippen LogP contribution < -0.4 is 4.57 Å². The van der Waals surface area contributed by atoms with E-state index in [9.17, 15) is 0 Å². The lowest BCUT2D eigenvalue weighted by Crippen LogP contribution is -2.37. The molecule has 40 heavy (non-hydrogen) atoms. The standard InChI is InChI=1S/C38H59N2/c1-4-5-6-7-8-9-10-11-12-13-14-15-16-17-18-25-30-40-33-37(31-34(2)36-28-23-20-24-29-36)39(3)38(40)32-35-26-21-19-22-27-35/h19-24,26-29,33-34H,4-18,25,30-32H2,1-3H3/q+1. The van der Waals surface area contributed by atoms with Crippen LogP contribution in [0.1, 0.15) is 145 Å². The maximum Gasteiger partial charge on any atom is 0.260 e. The Morgan fingerprint density at radius 2 is 1.10 bits per heavy atom. The van der Waals surface area contributed by atoms with Crippen molar-refractivity contribution in [1.82, 2.24) is 4.57 Å². The highest BCUT2D eigenvalue weighted by atomic mass is 15.1. The Kier molecular flexibility index (Phi) is 15.8. The van der Waals surface area contributed by atoms with Gasteiger partial charge >= 0.3 is 0 Å². The van der Waals surface area contributed by atoms with Gasteiger partial charge in [-0.15, -0.1) is 0 Å². The summed E-state index contributed by atoms with van der Waals surface area (Å²) >= 11 is 0. The van der Waals surface area contributed by atoms with E-state index in [0.29, 0.717) is 5.92 Å². The SMILES string of the molecule is CCCCCCCCCCCCCCCCCCn1cc(CC(C)c2ccccc2)[n+](C)c1Cc1ccccc1. The third-order valence-corrected chi connectivity index (χ3v) is 8.80. The molecule has 0 amide bonds. The van der Waals surface area contributed by atoms with Gasteiger partial charge < -0.3 is 0 Å². The predicted molar refractivity (Wildman–Crippen MR) is 173 cm³/mol. The van der Waals surface area contributed by atoms with E-state index in [1.165, 1.54) is 125 Å². The second kappa shape index (κ2) is 19.7. The molecule has 1 unspecified atom stereocenters. The zero-order chi connectivity index (χ0) is 28.3. The predicted octanol–water partition coefficient (Wildman–Crippen LogP) is 10.5. The van der Waals surface area contributed by atoms with E-state index in [-0.39, 0.29) is 0 Å². The number of aryl methyl sites for hydroxylation is 1. The number of hydrogen-bond donors (Lipinski definition) is 0. The largest absolute Gasteiger partial charge is 0.260 e. The van der Waals surface area contributed by atoms with Crippen LogP contribution in [0.5, 0.6) is 0 Å². The molecule has 3 rings (SSSR count). The summed E-state index contributed by atoms with van der Waals surface area (Å²) in [6, 6.07) is 21.9. The molecule has 0 aliphatic heterocycles. The second-order valence-electron chi connectivity index (χ2n) is 12.3. The Balaban J connectivity index is 1.36. The van der Waals surface area contributed by atoms with Gasteiger partial charge in [-0.25, -0.2) is 9.13 Å².